The molecule has 0 saturated heterocycles. The Morgan fingerprint density at radius 2 is 2.08 bits per heavy atom. The monoisotopic (exact) mass is 187 g/mol. The summed E-state index contributed by atoms with van der Waals surface area (Å²) in [5.74, 6) is 0.566. The van der Waals surface area contributed by atoms with Crippen LogP contribution in [0, 0.1) is 5.92 Å². The molecule has 1 aliphatic carbocycles. The van der Waals surface area contributed by atoms with E-state index in [-0.39, 0.29) is 4.75 Å². The summed E-state index contributed by atoms with van der Waals surface area (Å²) >= 11 is 0. The Morgan fingerprint density at radius 1 is 1.50 bits per heavy atom. The molecule has 2 atom stereocenters. The van der Waals surface area contributed by atoms with Gasteiger partial charge in [-0.25, -0.2) is 4.21 Å². The van der Waals surface area contributed by atoms with Crippen LogP contribution in [0.15, 0.2) is 4.40 Å². The van der Waals surface area contributed by atoms with Crippen molar-refractivity contribution in [2.75, 3.05) is 0 Å². The van der Waals surface area contributed by atoms with E-state index in [4.69, 9.17) is 0 Å². The second-order valence-corrected chi connectivity index (χ2v) is 6.29. The molecule has 70 valence electrons. The van der Waals surface area contributed by atoms with Crippen LogP contribution in [0.5, 0.6) is 0 Å². The summed E-state index contributed by atoms with van der Waals surface area (Å²) in [7, 11) is -1.05. The van der Waals surface area contributed by atoms with Crippen LogP contribution < -0.4 is 0 Å². The van der Waals surface area contributed by atoms with Gasteiger partial charge >= 0.3 is 0 Å². The molecule has 0 heterocycles. The fourth-order valence-corrected chi connectivity index (χ4v) is 1.70. The SMILES string of the molecule is CC1CCC1=NS(=O)C(C)(C)C. The number of nitrogens with zero attached hydrogens (tertiary/aromatic N) is 1. The second-order valence-electron chi connectivity index (χ2n) is 4.38. The lowest BCUT2D eigenvalue weighted by molar-refractivity contribution is 0.603. The topological polar surface area (TPSA) is 29.4 Å². The maximum atomic E-state index is 11.5. The van der Waals surface area contributed by atoms with Crippen molar-refractivity contribution >= 4 is 16.7 Å². The minimum atomic E-state index is -1.05. The van der Waals surface area contributed by atoms with E-state index in [9.17, 15) is 4.21 Å². The van der Waals surface area contributed by atoms with Crippen LogP contribution in [0.4, 0.5) is 0 Å². The molecule has 2 unspecified atom stereocenters. The second kappa shape index (κ2) is 3.29. The predicted molar refractivity (Wildman–Crippen MR) is 53.7 cm³/mol. The largest absolute Gasteiger partial charge is 0.234 e. The molecule has 0 N–H and O–H groups in total. The Kier molecular flexibility index (Phi) is 2.71. The van der Waals surface area contributed by atoms with Crippen molar-refractivity contribution in [3.05, 3.63) is 0 Å². The first kappa shape index (κ1) is 9.90. The van der Waals surface area contributed by atoms with Gasteiger partial charge in [0.05, 0.1) is 4.75 Å². The van der Waals surface area contributed by atoms with Gasteiger partial charge in [0.15, 0.2) is 0 Å². The Morgan fingerprint density at radius 3 is 2.33 bits per heavy atom. The van der Waals surface area contributed by atoms with E-state index in [1.54, 1.807) is 0 Å². The van der Waals surface area contributed by atoms with Gasteiger partial charge in [-0.3, -0.25) is 0 Å². The van der Waals surface area contributed by atoms with Gasteiger partial charge in [0.1, 0.15) is 11.0 Å². The summed E-state index contributed by atoms with van der Waals surface area (Å²) in [5, 5.41) is 0. The summed E-state index contributed by atoms with van der Waals surface area (Å²) in [5.41, 5.74) is 1.14. The summed E-state index contributed by atoms with van der Waals surface area (Å²) in [6.07, 6.45) is 2.25. The minimum absolute atomic E-state index is 0.206. The van der Waals surface area contributed by atoms with Gasteiger partial charge in [0.2, 0.25) is 0 Å². The lowest BCUT2D eigenvalue weighted by Gasteiger charge is -2.25. The van der Waals surface area contributed by atoms with Crippen molar-refractivity contribution in [1.82, 2.24) is 0 Å². The van der Waals surface area contributed by atoms with Crippen LogP contribution in [-0.4, -0.2) is 14.7 Å². The Bertz CT molecular complexity index is 227. The molecule has 0 aliphatic heterocycles. The van der Waals surface area contributed by atoms with Gasteiger partial charge in [0.25, 0.3) is 0 Å². The Labute approximate surface area is 77.1 Å². The molecule has 0 aromatic carbocycles. The fourth-order valence-electron chi connectivity index (χ4n) is 0.941. The van der Waals surface area contributed by atoms with Crippen molar-refractivity contribution in [3.8, 4) is 0 Å². The third-order valence-corrected chi connectivity index (χ3v) is 3.57. The molecule has 1 aliphatic rings. The highest BCUT2D eigenvalue weighted by Crippen LogP contribution is 2.25. The summed E-state index contributed by atoms with van der Waals surface area (Å²) in [6.45, 7) is 8.01. The molecule has 0 bridgehead atoms. The van der Waals surface area contributed by atoms with Crippen LogP contribution in [0.3, 0.4) is 0 Å². The van der Waals surface area contributed by atoms with E-state index in [1.807, 2.05) is 20.8 Å². The molecule has 0 radical (unpaired) electrons. The van der Waals surface area contributed by atoms with Gasteiger partial charge < -0.3 is 0 Å². The van der Waals surface area contributed by atoms with E-state index >= 15 is 0 Å². The third kappa shape index (κ3) is 2.16. The van der Waals surface area contributed by atoms with E-state index in [0.717, 1.165) is 12.1 Å². The van der Waals surface area contributed by atoms with Crippen molar-refractivity contribution in [1.29, 1.82) is 0 Å². The van der Waals surface area contributed by atoms with Crippen LogP contribution in [0.2, 0.25) is 0 Å². The van der Waals surface area contributed by atoms with E-state index in [2.05, 4.69) is 11.3 Å². The van der Waals surface area contributed by atoms with E-state index < -0.39 is 11.0 Å². The molecule has 0 spiro atoms. The molecule has 1 saturated carbocycles. The van der Waals surface area contributed by atoms with Gasteiger partial charge in [-0.1, -0.05) is 6.92 Å². The smallest absolute Gasteiger partial charge is 0.144 e. The molecule has 0 amide bonds. The van der Waals surface area contributed by atoms with E-state index in [0.29, 0.717) is 5.92 Å². The third-order valence-electron chi connectivity index (χ3n) is 2.13. The highest BCUT2D eigenvalue weighted by molar-refractivity contribution is 7.85. The van der Waals surface area contributed by atoms with Gasteiger partial charge in [0, 0.05) is 5.71 Å². The summed E-state index contributed by atoms with van der Waals surface area (Å²) < 4.78 is 15.6. The lowest BCUT2D eigenvalue weighted by atomic mass is 9.85. The lowest BCUT2D eigenvalue weighted by Crippen LogP contribution is -2.27. The minimum Gasteiger partial charge on any atom is -0.234 e. The first-order valence-electron chi connectivity index (χ1n) is 4.40. The van der Waals surface area contributed by atoms with Crippen molar-refractivity contribution in [2.45, 2.75) is 45.3 Å². The van der Waals surface area contributed by atoms with Crippen molar-refractivity contribution in [2.24, 2.45) is 10.3 Å². The maximum absolute atomic E-state index is 11.5. The Balaban J connectivity index is 2.62. The van der Waals surface area contributed by atoms with Crippen LogP contribution >= 0.6 is 0 Å². The average molecular weight is 187 g/mol. The summed E-state index contributed by atoms with van der Waals surface area (Å²) in [4.78, 5) is 0. The average Bonchev–Trinajstić information content (AvgIpc) is 1.95. The molecule has 12 heavy (non-hydrogen) atoms. The Hall–Kier alpha value is -0.180. The molecule has 0 aromatic rings. The number of rotatable bonds is 1. The molecule has 1 rings (SSSR count). The van der Waals surface area contributed by atoms with Gasteiger partial charge in [-0.2, -0.15) is 4.40 Å². The van der Waals surface area contributed by atoms with Crippen LogP contribution in [0.1, 0.15) is 40.5 Å². The fraction of sp³-hybridized carbons (Fsp3) is 0.889. The molecular weight excluding hydrogens is 170 g/mol. The molecular formula is C9H17NOS. The molecule has 3 heteroatoms. The molecule has 2 nitrogen and oxygen atoms in total. The van der Waals surface area contributed by atoms with Crippen molar-refractivity contribution < 1.29 is 4.21 Å². The van der Waals surface area contributed by atoms with Crippen molar-refractivity contribution in [3.63, 3.8) is 0 Å². The zero-order chi connectivity index (χ0) is 9.35. The molecule has 0 aromatic heterocycles. The van der Waals surface area contributed by atoms with Gasteiger partial charge in [-0.05, 0) is 39.5 Å². The van der Waals surface area contributed by atoms with Gasteiger partial charge in [-0.15, -0.1) is 0 Å². The van der Waals surface area contributed by atoms with Crippen LogP contribution in [-0.2, 0) is 11.0 Å². The highest BCUT2D eigenvalue weighted by atomic mass is 32.2. The maximum Gasteiger partial charge on any atom is 0.144 e. The number of hydrogen-bond acceptors (Lipinski definition) is 1. The summed E-state index contributed by atoms with van der Waals surface area (Å²) in [6, 6.07) is 0. The van der Waals surface area contributed by atoms with E-state index in [1.165, 1.54) is 6.42 Å². The zero-order valence-electron chi connectivity index (χ0n) is 8.26. The number of hydrogen-bond donors (Lipinski definition) is 0. The zero-order valence-corrected chi connectivity index (χ0v) is 9.07. The first-order valence-corrected chi connectivity index (χ1v) is 5.51. The highest BCUT2D eigenvalue weighted by Gasteiger charge is 2.25. The quantitative estimate of drug-likeness (QED) is 0.619. The predicted octanol–water partition coefficient (Wildman–Crippen LogP) is 2.32. The normalized spacial score (nSPS) is 30.0. The standard InChI is InChI=1S/C9H17NOS/c1-7-5-6-8(7)10-12(11)9(2,3)4/h7H,5-6H2,1-4H3. The molecule has 1 fully saturated rings. The van der Waals surface area contributed by atoms with Crippen LogP contribution in [0.25, 0.3) is 0 Å². The first-order chi connectivity index (χ1) is 5.41.